The van der Waals surface area contributed by atoms with E-state index in [1.165, 1.54) is 0 Å². The highest BCUT2D eigenvalue weighted by Crippen LogP contribution is 2.26. The molecule has 0 bridgehead atoms. The minimum absolute atomic E-state index is 0.126. The zero-order chi connectivity index (χ0) is 19.1. The van der Waals surface area contributed by atoms with Crippen LogP contribution < -0.4 is 14.8 Å². The van der Waals surface area contributed by atoms with E-state index < -0.39 is 6.10 Å². The fraction of sp³-hybridized carbons (Fsp3) is 0.261. The molecular weight excluding hydrogens is 338 g/mol. The minimum Gasteiger partial charge on any atom is -0.491 e. The second-order valence-electron chi connectivity index (χ2n) is 6.40. The van der Waals surface area contributed by atoms with Crippen LogP contribution in [0.5, 0.6) is 11.5 Å². The third kappa shape index (κ3) is 4.79. The van der Waals surface area contributed by atoms with E-state index in [9.17, 15) is 4.79 Å². The van der Waals surface area contributed by atoms with Crippen molar-refractivity contribution < 1.29 is 14.3 Å². The summed E-state index contributed by atoms with van der Waals surface area (Å²) >= 11 is 0. The monoisotopic (exact) mass is 363 g/mol. The number of hydrogen-bond donors (Lipinski definition) is 1. The van der Waals surface area contributed by atoms with E-state index in [0.29, 0.717) is 19.6 Å². The van der Waals surface area contributed by atoms with Crippen LogP contribution >= 0.6 is 0 Å². The van der Waals surface area contributed by atoms with Crippen molar-refractivity contribution >= 4 is 16.7 Å². The Bertz CT molecular complexity index is 902. The van der Waals surface area contributed by atoms with Gasteiger partial charge in [0.1, 0.15) is 18.1 Å². The Hall–Kier alpha value is -3.01. The maximum absolute atomic E-state index is 12.5. The molecule has 0 saturated carbocycles. The Morgan fingerprint density at radius 2 is 1.67 bits per heavy atom. The molecule has 0 radical (unpaired) electrons. The van der Waals surface area contributed by atoms with E-state index in [4.69, 9.17) is 9.47 Å². The molecule has 1 N–H and O–H groups in total. The van der Waals surface area contributed by atoms with Crippen molar-refractivity contribution in [2.45, 2.75) is 26.4 Å². The lowest BCUT2D eigenvalue weighted by Crippen LogP contribution is -2.39. The molecule has 3 rings (SSSR count). The zero-order valence-electron chi connectivity index (χ0n) is 15.8. The highest BCUT2D eigenvalue weighted by Gasteiger charge is 2.18. The normalized spacial score (nSPS) is 11.8. The van der Waals surface area contributed by atoms with Gasteiger partial charge in [-0.25, -0.2) is 0 Å². The lowest BCUT2D eigenvalue weighted by molar-refractivity contribution is -0.128. The average molecular weight is 363 g/mol. The van der Waals surface area contributed by atoms with Crippen LogP contribution in [0.1, 0.15) is 18.9 Å². The molecule has 0 aliphatic rings. The first-order chi connectivity index (χ1) is 13.2. The molecule has 1 unspecified atom stereocenters. The van der Waals surface area contributed by atoms with E-state index in [1.807, 2.05) is 80.6 Å². The number of carbonyl (C=O) groups excluding carboxylic acids is 1. The lowest BCUT2D eigenvalue weighted by Gasteiger charge is -2.18. The van der Waals surface area contributed by atoms with Gasteiger partial charge < -0.3 is 14.8 Å². The number of fused-ring (bicyclic) bond motifs is 1. The van der Waals surface area contributed by atoms with Gasteiger partial charge in [0.15, 0.2) is 6.10 Å². The summed E-state index contributed by atoms with van der Waals surface area (Å²) in [5, 5.41) is 5.01. The zero-order valence-corrected chi connectivity index (χ0v) is 15.8. The van der Waals surface area contributed by atoms with Gasteiger partial charge >= 0.3 is 0 Å². The van der Waals surface area contributed by atoms with Crippen LogP contribution in [0.3, 0.4) is 0 Å². The van der Waals surface area contributed by atoms with Crippen molar-refractivity contribution in [3.63, 3.8) is 0 Å². The number of hydrogen-bond acceptors (Lipinski definition) is 3. The molecule has 1 atom stereocenters. The van der Waals surface area contributed by atoms with Gasteiger partial charge in [-0.2, -0.15) is 0 Å². The van der Waals surface area contributed by atoms with Crippen LogP contribution in [-0.2, 0) is 4.79 Å². The molecule has 27 heavy (non-hydrogen) atoms. The summed E-state index contributed by atoms with van der Waals surface area (Å²) in [5.41, 5.74) is 1.08. The highest BCUT2D eigenvalue weighted by molar-refractivity contribution is 5.89. The third-order valence-corrected chi connectivity index (χ3v) is 4.43. The summed E-state index contributed by atoms with van der Waals surface area (Å²) in [6.45, 7) is 4.79. The van der Waals surface area contributed by atoms with Gasteiger partial charge in [0.25, 0.3) is 5.91 Å². The van der Waals surface area contributed by atoms with Gasteiger partial charge in [0.2, 0.25) is 0 Å². The molecule has 0 heterocycles. The molecule has 0 aliphatic heterocycles. The average Bonchev–Trinajstić information content (AvgIpc) is 2.70. The summed E-state index contributed by atoms with van der Waals surface area (Å²) in [7, 11) is 0. The van der Waals surface area contributed by atoms with Crippen LogP contribution in [0.25, 0.3) is 10.8 Å². The van der Waals surface area contributed by atoms with E-state index in [0.717, 1.165) is 27.8 Å². The van der Waals surface area contributed by atoms with Crippen LogP contribution in [0.4, 0.5) is 0 Å². The fourth-order valence-corrected chi connectivity index (χ4v) is 2.94. The molecule has 0 fully saturated rings. The minimum atomic E-state index is -0.533. The van der Waals surface area contributed by atoms with Crippen molar-refractivity contribution in [1.82, 2.24) is 5.32 Å². The van der Waals surface area contributed by atoms with Crippen molar-refractivity contribution in [3.05, 3.63) is 72.3 Å². The molecule has 3 aromatic carbocycles. The third-order valence-electron chi connectivity index (χ3n) is 4.43. The van der Waals surface area contributed by atoms with Crippen molar-refractivity contribution in [3.8, 4) is 11.5 Å². The molecular formula is C23H25NO3. The van der Waals surface area contributed by atoms with Gasteiger partial charge in [-0.3, -0.25) is 4.79 Å². The number of para-hydroxylation sites is 1. The number of nitrogens with one attached hydrogen (secondary N) is 1. The Morgan fingerprint density at radius 1 is 0.963 bits per heavy atom. The maximum atomic E-state index is 12.5. The molecule has 0 saturated heterocycles. The van der Waals surface area contributed by atoms with Crippen molar-refractivity contribution in [2.24, 2.45) is 0 Å². The smallest absolute Gasteiger partial charge is 0.261 e. The van der Waals surface area contributed by atoms with Crippen LogP contribution in [0, 0.1) is 6.92 Å². The Morgan fingerprint density at radius 3 is 2.48 bits per heavy atom. The Labute approximate surface area is 160 Å². The number of aryl methyl sites for hydroxylation is 1. The SMILES string of the molecule is CCC(Oc1cccc2ccccc12)C(=O)NCCOc1ccccc1C. The van der Waals surface area contributed by atoms with Gasteiger partial charge in [0.05, 0.1) is 6.54 Å². The number of ether oxygens (including phenoxy) is 2. The van der Waals surface area contributed by atoms with Gasteiger partial charge in [0, 0.05) is 5.39 Å². The standard InChI is InChI=1S/C23H25NO3/c1-3-20(27-22-14-8-11-18-10-5-6-12-19(18)22)23(25)24-15-16-26-21-13-7-4-9-17(21)2/h4-14,20H,3,15-16H2,1-2H3,(H,24,25). The quantitative estimate of drug-likeness (QED) is 0.600. The predicted octanol–water partition coefficient (Wildman–Crippen LogP) is 4.50. The maximum Gasteiger partial charge on any atom is 0.261 e. The number of amides is 1. The second kappa shape index (κ2) is 9.08. The van der Waals surface area contributed by atoms with Crippen LogP contribution in [0.15, 0.2) is 66.7 Å². The summed E-state index contributed by atoms with van der Waals surface area (Å²) < 4.78 is 11.7. The van der Waals surface area contributed by atoms with Gasteiger partial charge in [-0.15, -0.1) is 0 Å². The molecule has 3 aromatic rings. The molecule has 4 nitrogen and oxygen atoms in total. The first-order valence-corrected chi connectivity index (χ1v) is 9.29. The first-order valence-electron chi connectivity index (χ1n) is 9.29. The number of benzene rings is 3. The van der Waals surface area contributed by atoms with Crippen LogP contribution in [-0.4, -0.2) is 25.2 Å². The van der Waals surface area contributed by atoms with Crippen molar-refractivity contribution in [1.29, 1.82) is 0 Å². The molecule has 140 valence electrons. The first kappa shape index (κ1) is 18.8. The summed E-state index contributed by atoms with van der Waals surface area (Å²) in [4.78, 5) is 12.5. The van der Waals surface area contributed by atoms with E-state index in [-0.39, 0.29) is 5.91 Å². The predicted molar refractivity (Wildman–Crippen MR) is 108 cm³/mol. The number of rotatable bonds is 8. The summed E-state index contributed by atoms with van der Waals surface area (Å²) in [6.07, 6.45) is 0.0579. The highest BCUT2D eigenvalue weighted by atomic mass is 16.5. The Kier molecular flexibility index (Phi) is 6.31. The fourth-order valence-electron chi connectivity index (χ4n) is 2.94. The molecule has 1 amide bonds. The van der Waals surface area contributed by atoms with E-state index in [1.54, 1.807) is 0 Å². The molecule has 0 aliphatic carbocycles. The molecule has 4 heteroatoms. The lowest BCUT2D eigenvalue weighted by atomic mass is 10.1. The van der Waals surface area contributed by atoms with Gasteiger partial charge in [-0.05, 0) is 36.4 Å². The van der Waals surface area contributed by atoms with Crippen LogP contribution in [0.2, 0.25) is 0 Å². The topological polar surface area (TPSA) is 47.6 Å². The number of carbonyl (C=O) groups is 1. The Balaban J connectivity index is 1.55. The second-order valence-corrected chi connectivity index (χ2v) is 6.40. The molecule has 0 spiro atoms. The van der Waals surface area contributed by atoms with E-state index in [2.05, 4.69) is 5.32 Å². The summed E-state index contributed by atoms with van der Waals surface area (Å²) in [5.74, 6) is 1.44. The molecule has 0 aromatic heterocycles. The van der Waals surface area contributed by atoms with E-state index >= 15 is 0 Å². The summed E-state index contributed by atoms with van der Waals surface area (Å²) in [6, 6.07) is 21.7. The van der Waals surface area contributed by atoms with Gasteiger partial charge in [-0.1, -0.05) is 61.5 Å². The largest absolute Gasteiger partial charge is 0.491 e. The van der Waals surface area contributed by atoms with Crippen molar-refractivity contribution in [2.75, 3.05) is 13.2 Å².